The molecule has 1 aromatic heterocycles. The number of hydrogen-bond acceptors (Lipinski definition) is 8. The number of halogens is 3. The van der Waals surface area contributed by atoms with Gasteiger partial charge in [-0.3, -0.25) is 14.5 Å². The fraction of sp³-hybridized carbons (Fsp3) is 0.455. The van der Waals surface area contributed by atoms with Crippen LogP contribution in [0, 0.1) is 5.82 Å². The van der Waals surface area contributed by atoms with E-state index in [4.69, 9.17) is 16.3 Å². The van der Waals surface area contributed by atoms with Gasteiger partial charge >= 0.3 is 0 Å². The molecule has 35 heavy (non-hydrogen) atoms. The van der Waals surface area contributed by atoms with Crippen LogP contribution in [0.1, 0.15) is 22.5 Å². The third kappa shape index (κ3) is 6.76. The van der Waals surface area contributed by atoms with Crippen molar-refractivity contribution in [2.45, 2.75) is 26.1 Å². The van der Waals surface area contributed by atoms with Crippen LogP contribution >= 0.6 is 40.0 Å². The minimum atomic E-state index is -0.241. The number of benzene rings is 1. The van der Waals surface area contributed by atoms with Gasteiger partial charge in [-0.25, -0.2) is 9.07 Å². The molecule has 1 atom stereocenters. The van der Waals surface area contributed by atoms with Crippen LogP contribution in [0.2, 0.25) is 0 Å². The summed E-state index contributed by atoms with van der Waals surface area (Å²) in [6.07, 6.45) is 3.41. The summed E-state index contributed by atoms with van der Waals surface area (Å²) in [6.45, 7) is 5.37. The predicted octanol–water partition coefficient (Wildman–Crippen LogP) is 3.17. The van der Waals surface area contributed by atoms with Gasteiger partial charge in [0.15, 0.2) is 6.29 Å². The molecule has 13 heteroatoms. The lowest BCUT2D eigenvalue weighted by molar-refractivity contribution is -0.104. The first-order valence-electron chi connectivity index (χ1n) is 11.2. The lowest BCUT2D eigenvalue weighted by atomic mass is 10.1. The highest BCUT2D eigenvalue weighted by atomic mass is 127. The van der Waals surface area contributed by atoms with Crippen molar-refractivity contribution in [3.8, 4) is 0 Å². The highest BCUT2D eigenvalue weighted by Crippen LogP contribution is 2.26. The van der Waals surface area contributed by atoms with E-state index in [9.17, 15) is 9.18 Å². The maximum Gasteiger partial charge on any atom is 0.163 e. The molecular weight excluding hydrogens is 607 g/mol. The number of ether oxygens (including phenoxy) is 1. The van der Waals surface area contributed by atoms with E-state index in [1.165, 1.54) is 6.07 Å². The zero-order valence-corrected chi connectivity index (χ0v) is 23.2. The molecule has 2 aliphatic rings. The summed E-state index contributed by atoms with van der Waals surface area (Å²) in [7, 11) is 1.86. The molecule has 0 spiro atoms. The van der Waals surface area contributed by atoms with Crippen LogP contribution in [0.15, 0.2) is 34.0 Å². The van der Waals surface area contributed by atoms with Gasteiger partial charge in [0.2, 0.25) is 0 Å². The summed E-state index contributed by atoms with van der Waals surface area (Å²) in [5, 5.41) is 13.3. The van der Waals surface area contributed by atoms with Crippen molar-refractivity contribution in [2.75, 3.05) is 39.9 Å². The molecule has 9 nitrogen and oxygen atoms in total. The van der Waals surface area contributed by atoms with Gasteiger partial charge < -0.3 is 9.64 Å². The van der Waals surface area contributed by atoms with Crippen molar-refractivity contribution < 1.29 is 13.9 Å². The average molecular weight is 634 g/mol. The van der Waals surface area contributed by atoms with Crippen LogP contribution in [-0.2, 0) is 35.6 Å². The number of nitrogens with zero attached hydrogens (tertiary/aromatic N) is 7. The van der Waals surface area contributed by atoms with Gasteiger partial charge in [0.05, 0.1) is 50.3 Å². The maximum atomic E-state index is 14.1. The molecule has 0 radical (unpaired) electrons. The third-order valence-electron chi connectivity index (χ3n) is 6.03. The van der Waals surface area contributed by atoms with Gasteiger partial charge in [-0.15, -0.1) is 5.10 Å². The van der Waals surface area contributed by atoms with E-state index in [1.54, 1.807) is 17.1 Å². The van der Waals surface area contributed by atoms with E-state index in [1.807, 2.05) is 22.7 Å². The van der Waals surface area contributed by atoms with Gasteiger partial charge in [0.25, 0.3) is 0 Å². The topological polar surface area (TPSA) is 79.1 Å². The highest BCUT2D eigenvalue weighted by molar-refractivity contribution is 14.2. The van der Waals surface area contributed by atoms with Crippen molar-refractivity contribution in [3.63, 3.8) is 0 Å². The van der Waals surface area contributed by atoms with Crippen molar-refractivity contribution in [1.29, 1.82) is 0 Å². The maximum absolute atomic E-state index is 14.1. The second-order valence-corrected chi connectivity index (χ2v) is 11.0. The van der Waals surface area contributed by atoms with Crippen molar-refractivity contribution in [3.05, 3.63) is 57.3 Å². The smallest absolute Gasteiger partial charge is 0.163 e. The molecule has 1 saturated heterocycles. The lowest BCUT2D eigenvalue weighted by Gasteiger charge is -2.29. The molecule has 0 amide bonds. The Morgan fingerprint density at radius 2 is 2.11 bits per heavy atom. The van der Waals surface area contributed by atoms with Gasteiger partial charge in [0.1, 0.15) is 16.5 Å². The van der Waals surface area contributed by atoms with E-state index < -0.39 is 0 Å². The quantitative estimate of drug-likeness (QED) is 0.105. The summed E-state index contributed by atoms with van der Waals surface area (Å²) < 4.78 is 23.2. The minimum absolute atomic E-state index is 0.105. The standard InChI is InChI=1S/C22H27ClFIN7O2P/c1-29(35-25)26-11-22(19(23)15-33)31-5-4-21-20(14-31)27-28-32(21)13-16-2-3-18(24)10-17(16)12-30-6-8-34-9-7-30/h2-3,10-11,15,35H,4-9,12-14H2,1H3/b22-19-,26-11?. The van der Waals surface area contributed by atoms with Crippen molar-refractivity contribution in [2.24, 2.45) is 5.10 Å². The van der Waals surface area contributed by atoms with E-state index in [-0.39, 0.29) is 10.8 Å². The first-order chi connectivity index (χ1) is 17.0. The molecule has 1 fully saturated rings. The van der Waals surface area contributed by atoms with Gasteiger partial charge in [0, 0.05) is 39.6 Å². The number of hydrazone groups is 1. The molecule has 1 unspecified atom stereocenters. The van der Waals surface area contributed by atoms with Crippen LogP contribution < -0.4 is 0 Å². The number of fused-ring (bicyclic) bond motifs is 1. The highest BCUT2D eigenvalue weighted by Gasteiger charge is 2.25. The van der Waals surface area contributed by atoms with Crippen LogP contribution in [-0.4, -0.2) is 82.0 Å². The molecule has 2 aromatic rings. The Kier molecular flexibility index (Phi) is 9.46. The van der Waals surface area contributed by atoms with Crippen molar-refractivity contribution in [1.82, 2.24) is 29.6 Å². The number of allylic oxidation sites excluding steroid dienone is 2. The second kappa shape index (κ2) is 12.5. The summed E-state index contributed by atoms with van der Waals surface area (Å²) in [5.74, 6) is -0.241. The average Bonchev–Trinajstić information content (AvgIpc) is 3.28. The molecule has 0 bridgehead atoms. The second-order valence-electron chi connectivity index (χ2n) is 8.32. The fourth-order valence-corrected chi connectivity index (χ4v) is 4.82. The molecule has 0 saturated carbocycles. The lowest BCUT2D eigenvalue weighted by Crippen LogP contribution is -2.36. The van der Waals surface area contributed by atoms with Crippen LogP contribution in [0.3, 0.4) is 0 Å². The molecular formula is C22H27ClFIN7O2P. The van der Waals surface area contributed by atoms with E-state index >= 15 is 0 Å². The SMILES string of the molecule is CN(N=C/C(=C(/Cl)C=O)N1CCc2c(nnn2Cc2ccc(F)cc2CN2CCOCC2)C1)PI. The van der Waals surface area contributed by atoms with E-state index in [0.717, 1.165) is 35.6 Å². The first-order valence-corrected chi connectivity index (χ1v) is 15.6. The predicted molar refractivity (Wildman–Crippen MR) is 143 cm³/mol. The molecule has 0 aliphatic carbocycles. The monoisotopic (exact) mass is 633 g/mol. The Hall–Kier alpha value is -1.66. The summed E-state index contributed by atoms with van der Waals surface area (Å²) in [6, 6.07) is 4.94. The van der Waals surface area contributed by atoms with Crippen LogP contribution in [0.5, 0.6) is 0 Å². The largest absolute Gasteiger partial charge is 0.379 e. The molecule has 0 N–H and O–H groups in total. The molecule has 2 aliphatic heterocycles. The van der Waals surface area contributed by atoms with Crippen LogP contribution in [0.4, 0.5) is 4.39 Å². The number of aldehydes is 1. The normalized spacial score (nSPS) is 17.8. The Balaban J connectivity index is 1.52. The van der Waals surface area contributed by atoms with Crippen molar-refractivity contribution >= 4 is 52.5 Å². The third-order valence-corrected chi connectivity index (χ3v) is 8.77. The van der Waals surface area contributed by atoms with E-state index in [0.29, 0.717) is 64.2 Å². The number of morpholine rings is 1. The summed E-state index contributed by atoms with van der Waals surface area (Å²) in [5.41, 5.74) is 4.40. The molecule has 4 rings (SSSR count). The summed E-state index contributed by atoms with van der Waals surface area (Å²) in [4.78, 5) is 15.7. The van der Waals surface area contributed by atoms with Gasteiger partial charge in [-0.1, -0.05) is 22.9 Å². The summed E-state index contributed by atoms with van der Waals surface area (Å²) >= 11 is 8.45. The Morgan fingerprint density at radius 1 is 1.31 bits per heavy atom. The number of carbonyl (C=O) groups excluding carboxylic acids is 1. The zero-order valence-electron chi connectivity index (χ0n) is 19.3. The number of aromatic nitrogens is 3. The van der Waals surface area contributed by atoms with E-state index in [2.05, 4.69) is 42.4 Å². The van der Waals surface area contributed by atoms with Gasteiger partial charge in [-0.05, 0) is 45.3 Å². The molecule has 3 heterocycles. The van der Waals surface area contributed by atoms with Gasteiger partial charge in [-0.2, -0.15) is 5.10 Å². The Morgan fingerprint density at radius 3 is 2.86 bits per heavy atom. The Bertz CT molecular complexity index is 1110. The van der Waals surface area contributed by atoms with Crippen LogP contribution in [0.25, 0.3) is 0 Å². The fourth-order valence-electron chi connectivity index (χ4n) is 4.17. The number of carbonyl (C=O) groups is 1. The molecule has 1 aromatic carbocycles. The number of hydrogen-bond donors (Lipinski definition) is 0. The molecule has 188 valence electrons. The zero-order chi connectivity index (χ0) is 24.8. The number of rotatable bonds is 9. The minimum Gasteiger partial charge on any atom is -0.379 e. The Labute approximate surface area is 223 Å². The first kappa shape index (κ1) is 26.4.